The molecule has 5 nitrogen and oxygen atoms in total. The molecule has 1 heterocycles. The average Bonchev–Trinajstić information content (AvgIpc) is 3.11. The van der Waals surface area contributed by atoms with Crippen molar-refractivity contribution in [1.82, 2.24) is 9.78 Å². The molecule has 0 bridgehead atoms. The van der Waals surface area contributed by atoms with E-state index in [4.69, 9.17) is 26.5 Å². The Hall–Kier alpha value is -2.63. The molecule has 0 spiro atoms. The Morgan fingerprint density at radius 1 is 1.06 bits per heavy atom. The number of carboxylic acids is 1. The monoisotopic (exact) mass is 452 g/mol. The SMILES string of the molecule is Cc1c(-c2ccccc2Cl)c(-c2ccccc2)nn1C[C@H]1CC[C@H](COCC(=O)O)CC1. The first kappa shape index (κ1) is 22.6. The van der Waals surface area contributed by atoms with Crippen molar-refractivity contribution in [2.75, 3.05) is 13.2 Å². The Balaban J connectivity index is 1.53. The van der Waals surface area contributed by atoms with E-state index in [0.717, 1.165) is 65.3 Å². The lowest BCUT2D eigenvalue weighted by molar-refractivity contribution is -0.142. The number of aliphatic carboxylic acids is 1. The Labute approximate surface area is 194 Å². The zero-order valence-corrected chi connectivity index (χ0v) is 19.1. The number of carbonyl (C=O) groups is 1. The fraction of sp³-hybridized carbons (Fsp3) is 0.385. The van der Waals surface area contributed by atoms with E-state index in [0.29, 0.717) is 18.4 Å². The fourth-order valence-electron chi connectivity index (χ4n) is 4.65. The van der Waals surface area contributed by atoms with Crippen molar-refractivity contribution in [1.29, 1.82) is 0 Å². The van der Waals surface area contributed by atoms with Gasteiger partial charge in [0.2, 0.25) is 0 Å². The van der Waals surface area contributed by atoms with Gasteiger partial charge in [0.05, 0.1) is 6.61 Å². The summed E-state index contributed by atoms with van der Waals surface area (Å²) >= 11 is 6.58. The molecule has 1 aliphatic rings. The van der Waals surface area contributed by atoms with Crippen LogP contribution in [0, 0.1) is 18.8 Å². The Kier molecular flexibility index (Phi) is 7.28. The van der Waals surface area contributed by atoms with Crippen LogP contribution in [-0.4, -0.2) is 34.1 Å². The number of hydrogen-bond acceptors (Lipinski definition) is 3. The van der Waals surface area contributed by atoms with Crippen molar-refractivity contribution < 1.29 is 14.6 Å². The molecule has 4 rings (SSSR count). The van der Waals surface area contributed by atoms with Gasteiger partial charge in [-0.15, -0.1) is 0 Å². The minimum atomic E-state index is -0.906. The molecule has 1 aromatic heterocycles. The lowest BCUT2D eigenvalue weighted by atomic mass is 9.82. The van der Waals surface area contributed by atoms with Crippen LogP contribution in [-0.2, 0) is 16.1 Å². The second-order valence-corrected chi connectivity index (χ2v) is 9.04. The highest BCUT2D eigenvalue weighted by molar-refractivity contribution is 6.33. The summed E-state index contributed by atoms with van der Waals surface area (Å²) in [6.07, 6.45) is 4.33. The van der Waals surface area contributed by atoms with E-state index in [1.165, 1.54) is 0 Å². The second kappa shape index (κ2) is 10.3. The van der Waals surface area contributed by atoms with Gasteiger partial charge in [-0.3, -0.25) is 4.68 Å². The minimum Gasteiger partial charge on any atom is -0.480 e. The van der Waals surface area contributed by atoms with Crippen molar-refractivity contribution in [3.63, 3.8) is 0 Å². The van der Waals surface area contributed by atoms with Gasteiger partial charge in [-0.25, -0.2) is 4.79 Å². The molecule has 1 N–H and O–H groups in total. The molecule has 0 aliphatic heterocycles. The second-order valence-electron chi connectivity index (χ2n) is 8.63. The smallest absolute Gasteiger partial charge is 0.329 e. The molecule has 3 aromatic rings. The summed E-state index contributed by atoms with van der Waals surface area (Å²) in [4.78, 5) is 10.6. The Morgan fingerprint density at radius 2 is 1.72 bits per heavy atom. The molecule has 2 aromatic carbocycles. The van der Waals surface area contributed by atoms with E-state index >= 15 is 0 Å². The third kappa shape index (κ3) is 5.22. The van der Waals surface area contributed by atoms with Gasteiger partial charge in [0.1, 0.15) is 12.3 Å². The van der Waals surface area contributed by atoms with E-state index in [-0.39, 0.29) is 6.61 Å². The molecule has 0 amide bonds. The van der Waals surface area contributed by atoms with Crippen LogP contribution in [0.1, 0.15) is 31.4 Å². The van der Waals surface area contributed by atoms with Crippen LogP contribution < -0.4 is 0 Å². The fourth-order valence-corrected chi connectivity index (χ4v) is 4.88. The average molecular weight is 453 g/mol. The van der Waals surface area contributed by atoms with Gasteiger partial charge in [0.15, 0.2) is 0 Å². The summed E-state index contributed by atoms with van der Waals surface area (Å²) in [5.41, 5.74) is 5.29. The first-order chi connectivity index (χ1) is 15.5. The maximum Gasteiger partial charge on any atom is 0.329 e. The van der Waals surface area contributed by atoms with E-state index in [9.17, 15) is 4.79 Å². The maximum absolute atomic E-state index is 10.6. The summed E-state index contributed by atoms with van der Waals surface area (Å²) in [5.74, 6) is 0.0892. The van der Waals surface area contributed by atoms with Gasteiger partial charge in [0, 0.05) is 34.0 Å². The molecule has 0 saturated heterocycles. The van der Waals surface area contributed by atoms with Gasteiger partial charge >= 0.3 is 5.97 Å². The highest BCUT2D eigenvalue weighted by Gasteiger charge is 2.25. The predicted octanol–water partition coefficient (Wildman–Crippen LogP) is 6.09. The molecule has 0 radical (unpaired) electrons. The number of benzene rings is 2. The number of halogens is 1. The van der Waals surface area contributed by atoms with Crippen LogP contribution in [0.15, 0.2) is 54.6 Å². The summed E-state index contributed by atoms with van der Waals surface area (Å²) in [7, 11) is 0. The van der Waals surface area contributed by atoms with E-state index in [1.54, 1.807) is 0 Å². The normalized spacial score (nSPS) is 18.6. The summed E-state index contributed by atoms with van der Waals surface area (Å²) in [6.45, 7) is 3.33. The number of nitrogens with zero attached hydrogens (tertiary/aromatic N) is 2. The van der Waals surface area contributed by atoms with Gasteiger partial charge in [-0.1, -0.05) is 60.1 Å². The topological polar surface area (TPSA) is 64.4 Å². The number of rotatable bonds is 8. The molecule has 0 unspecified atom stereocenters. The van der Waals surface area contributed by atoms with Crippen LogP contribution >= 0.6 is 11.6 Å². The van der Waals surface area contributed by atoms with E-state index in [1.807, 2.05) is 36.4 Å². The number of aromatic nitrogens is 2. The third-order valence-electron chi connectivity index (χ3n) is 6.37. The lowest BCUT2D eigenvalue weighted by Crippen LogP contribution is -2.23. The standard InChI is InChI=1S/C26H29ClN2O3/c1-18-25(22-9-5-6-10-23(22)27)26(21-7-3-2-4-8-21)28-29(18)15-19-11-13-20(14-12-19)16-32-17-24(30)31/h2-10,19-20H,11-17H2,1H3,(H,30,31)/t19-,20-. The zero-order valence-electron chi connectivity index (χ0n) is 18.3. The van der Waals surface area contributed by atoms with Crippen LogP contribution in [0.5, 0.6) is 0 Å². The molecule has 168 valence electrons. The Morgan fingerprint density at radius 3 is 2.41 bits per heavy atom. The van der Waals surface area contributed by atoms with Crippen LogP contribution in [0.3, 0.4) is 0 Å². The highest BCUT2D eigenvalue weighted by Crippen LogP contribution is 2.39. The highest BCUT2D eigenvalue weighted by atomic mass is 35.5. The van der Waals surface area contributed by atoms with Crippen molar-refractivity contribution in [3.05, 3.63) is 65.3 Å². The molecule has 1 fully saturated rings. The van der Waals surface area contributed by atoms with Gasteiger partial charge in [0.25, 0.3) is 0 Å². The zero-order chi connectivity index (χ0) is 22.5. The van der Waals surface area contributed by atoms with Crippen LogP contribution in [0.2, 0.25) is 5.02 Å². The van der Waals surface area contributed by atoms with E-state index in [2.05, 4.69) is 29.8 Å². The molecular weight excluding hydrogens is 424 g/mol. The molecule has 32 heavy (non-hydrogen) atoms. The third-order valence-corrected chi connectivity index (χ3v) is 6.70. The molecule has 6 heteroatoms. The minimum absolute atomic E-state index is 0.209. The van der Waals surface area contributed by atoms with Crippen LogP contribution in [0.4, 0.5) is 0 Å². The number of hydrogen-bond donors (Lipinski definition) is 1. The molecular formula is C26H29ClN2O3. The maximum atomic E-state index is 10.6. The quantitative estimate of drug-likeness (QED) is 0.449. The summed E-state index contributed by atoms with van der Waals surface area (Å²) in [6, 6.07) is 18.2. The first-order valence-electron chi connectivity index (χ1n) is 11.2. The summed E-state index contributed by atoms with van der Waals surface area (Å²) < 4.78 is 7.45. The lowest BCUT2D eigenvalue weighted by Gasteiger charge is -2.28. The first-order valence-corrected chi connectivity index (χ1v) is 11.6. The van der Waals surface area contributed by atoms with Gasteiger partial charge in [-0.2, -0.15) is 5.10 Å². The van der Waals surface area contributed by atoms with Gasteiger partial charge in [-0.05, 0) is 50.5 Å². The molecule has 1 saturated carbocycles. The largest absolute Gasteiger partial charge is 0.480 e. The number of carboxylic acid groups (broad SMARTS) is 1. The van der Waals surface area contributed by atoms with E-state index < -0.39 is 5.97 Å². The summed E-state index contributed by atoms with van der Waals surface area (Å²) in [5, 5.41) is 14.5. The van der Waals surface area contributed by atoms with Crippen molar-refractivity contribution in [2.45, 2.75) is 39.2 Å². The predicted molar refractivity (Wildman–Crippen MR) is 127 cm³/mol. The number of ether oxygens (including phenoxy) is 1. The molecule has 1 aliphatic carbocycles. The Bertz CT molecular complexity index is 1060. The van der Waals surface area contributed by atoms with Crippen molar-refractivity contribution in [3.8, 4) is 22.4 Å². The molecule has 0 atom stereocenters. The van der Waals surface area contributed by atoms with Crippen molar-refractivity contribution >= 4 is 17.6 Å². The van der Waals surface area contributed by atoms with Crippen molar-refractivity contribution in [2.24, 2.45) is 11.8 Å². The van der Waals surface area contributed by atoms with Gasteiger partial charge < -0.3 is 9.84 Å². The van der Waals surface area contributed by atoms with Crippen LogP contribution in [0.25, 0.3) is 22.4 Å².